The lowest BCUT2D eigenvalue weighted by Crippen LogP contribution is -2.48. The Morgan fingerprint density at radius 1 is 1.14 bits per heavy atom. The smallest absolute Gasteiger partial charge is 0.262 e. The van der Waals surface area contributed by atoms with Crippen molar-refractivity contribution in [2.45, 2.75) is 45.2 Å². The number of carbonyl (C=O) groups excluding carboxylic acids is 1. The molecule has 0 aliphatic rings. The van der Waals surface area contributed by atoms with E-state index in [-0.39, 0.29) is 12.1 Å². The summed E-state index contributed by atoms with van der Waals surface area (Å²) >= 11 is 0. The van der Waals surface area contributed by atoms with Crippen molar-refractivity contribution in [3.8, 4) is 6.07 Å². The number of anilines is 1. The molecule has 154 valence electrons. The monoisotopic (exact) mass is 391 g/mol. The molecule has 1 rings (SSSR count). The molecular weight excluding hydrogens is 362 g/mol. The Bertz CT molecular complexity index is 693. The highest BCUT2D eigenvalue weighted by Gasteiger charge is 2.28. The molecule has 0 fully saturated rings. The number of nitrogens with one attached hydrogen (secondary N) is 1. The average Bonchev–Trinajstić information content (AvgIpc) is 2.70. The molecule has 0 aliphatic heterocycles. The van der Waals surface area contributed by atoms with Crippen LogP contribution in [0.5, 0.6) is 0 Å². The van der Waals surface area contributed by atoms with Crippen LogP contribution in [0.3, 0.4) is 0 Å². The number of aliphatic hydroxyl groups excluding tert-OH is 4. The summed E-state index contributed by atoms with van der Waals surface area (Å²) in [6.07, 6.45) is -4.50. The minimum atomic E-state index is -1.64. The van der Waals surface area contributed by atoms with Gasteiger partial charge in [0.1, 0.15) is 23.9 Å². The summed E-state index contributed by atoms with van der Waals surface area (Å²) in [4.78, 5) is 14.3. The van der Waals surface area contributed by atoms with E-state index in [0.717, 1.165) is 18.8 Å². The first kappa shape index (κ1) is 23.6. The lowest BCUT2D eigenvalue weighted by Gasteiger charge is -2.24. The van der Waals surface area contributed by atoms with Crippen LogP contribution in [0.1, 0.15) is 26.3 Å². The number of benzene rings is 1. The zero-order chi connectivity index (χ0) is 21.3. The fraction of sp³-hybridized carbons (Fsp3) is 0.500. The third-order valence-electron chi connectivity index (χ3n) is 4.41. The molecule has 0 unspecified atom stereocenters. The van der Waals surface area contributed by atoms with Gasteiger partial charge in [-0.3, -0.25) is 4.79 Å². The van der Waals surface area contributed by atoms with E-state index in [1.807, 2.05) is 18.2 Å². The van der Waals surface area contributed by atoms with Gasteiger partial charge in [-0.05, 0) is 44.5 Å². The number of amides is 1. The Kier molecular flexibility index (Phi) is 9.62. The number of aliphatic hydroxyl groups is 4. The maximum absolute atomic E-state index is 12.2. The molecule has 5 N–H and O–H groups in total. The highest BCUT2D eigenvalue weighted by molar-refractivity contribution is 6.01. The maximum atomic E-state index is 12.2. The van der Waals surface area contributed by atoms with E-state index in [9.17, 15) is 30.5 Å². The maximum Gasteiger partial charge on any atom is 0.262 e. The molecule has 8 nitrogen and oxygen atoms in total. The van der Waals surface area contributed by atoms with Gasteiger partial charge in [0.05, 0.1) is 12.2 Å². The van der Waals surface area contributed by atoms with E-state index in [2.05, 4.69) is 24.1 Å². The second kappa shape index (κ2) is 11.4. The summed E-state index contributed by atoms with van der Waals surface area (Å²) < 4.78 is 0. The SMILES string of the molecule is CCN(CC)c1ccc(/C=C(\C#N)C(=O)NC[C@@H](O)[C@@H](O)[C@H](O)[C@H](C)O)cc1. The van der Waals surface area contributed by atoms with Crippen LogP contribution in [0.25, 0.3) is 6.08 Å². The summed E-state index contributed by atoms with van der Waals surface area (Å²) in [5, 5.41) is 49.9. The van der Waals surface area contributed by atoms with Crippen LogP contribution >= 0.6 is 0 Å². The fourth-order valence-corrected chi connectivity index (χ4v) is 2.61. The van der Waals surface area contributed by atoms with Crippen molar-refractivity contribution in [3.63, 3.8) is 0 Å². The number of nitrogens with zero attached hydrogens (tertiary/aromatic N) is 2. The topological polar surface area (TPSA) is 137 Å². The van der Waals surface area contributed by atoms with Gasteiger partial charge in [0, 0.05) is 25.3 Å². The molecule has 0 aliphatic carbocycles. The molecule has 28 heavy (non-hydrogen) atoms. The first-order valence-electron chi connectivity index (χ1n) is 9.22. The molecule has 8 heteroatoms. The predicted molar refractivity (Wildman–Crippen MR) is 106 cm³/mol. The van der Waals surface area contributed by atoms with Gasteiger partial charge in [-0.2, -0.15) is 5.26 Å². The molecule has 0 aromatic heterocycles. The molecule has 0 saturated carbocycles. The Morgan fingerprint density at radius 2 is 1.71 bits per heavy atom. The first-order valence-corrected chi connectivity index (χ1v) is 9.22. The summed E-state index contributed by atoms with van der Waals surface area (Å²) in [6, 6.07) is 9.22. The second-order valence-electron chi connectivity index (χ2n) is 6.43. The van der Waals surface area contributed by atoms with Crippen molar-refractivity contribution in [1.82, 2.24) is 5.32 Å². The van der Waals surface area contributed by atoms with Crippen LogP contribution < -0.4 is 10.2 Å². The molecular formula is C20H29N3O5. The lowest BCUT2D eigenvalue weighted by molar-refractivity contribution is -0.120. The molecule has 0 spiro atoms. The van der Waals surface area contributed by atoms with E-state index in [1.54, 1.807) is 12.1 Å². The second-order valence-corrected chi connectivity index (χ2v) is 6.43. The zero-order valence-electron chi connectivity index (χ0n) is 16.4. The van der Waals surface area contributed by atoms with E-state index < -0.39 is 30.3 Å². The van der Waals surface area contributed by atoms with Gasteiger partial charge < -0.3 is 30.6 Å². The standard InChI is InChI=1S/C20H29N3O5/c1-4-23(5-2)16-8-6-14(7-9-16)10-15(11-21)20(28)22-12-17(25)19(27)18(26)13(3)24/h6-10,13,17-19,24-27H,4-5,12H2,1-3H3,(H,22,28)/b15-10+/t13-,17+,18+,19+/m0/s1. The summed E-state index contributed by atoms with van der Waals surface area (Å²) in [5.41, 5.74) is 1.56. The lowest BCUT2D eigenvalue weighted by atomic mass is 10.0. The number of hydrogen-bond donors (Lipinski definition) is 5. The number of carbonyl (C=O) groups is 1. The quantitative estimate of drug-likeness (QED) is 0.280. The van der Waals surface area contributed by atoms with Crippen molar-refractivity contribution < 1.29 is 25.2 Å². The molecule has 1 amide bonds. The van der Waals surface area contributed by atoms with Crippen LogP contribution in [0, 0.1) is 11.3 Å². The third kappa shape index (κ3) is 6.62. The van der Waals surface area contributed by atoms with Gasteiger partial charge in [-0.1, -0.05) is 12.1 Å². The zero-order valence-corrected chi connectivity index (χ0v) is 16.4. The van der Waals surface area contributed by atoms with E-state index in [4.69, 9.17) is 0 Å². The molecule has 1 aromatic carbocycles. The predicted octanol–water partition coefficient (Wildman–Crippen LogP) is 0.0195. The third-order valence-corrected chi connectivity index (χ3v) is 4.41. The van der Waals surface area contributed by atoms with E-state index in [1.165, 1.54) is 13.0 Å². The number of hydrogen-bond acceptors (Lipinski definition) is 7. The largest absolute Gasteiger partial charge is 0.391 e. The molecule has 0 bridgehead atoms. The number of rotatable bonds is 10. The van der Waals surface area contributed by atoms with Gasteiger partial charge in [0.2, 0.25) is 0 Å². The first-order chi connectivity index (χ1) is 13.2. The van der Waals surface area contributed by atoms with Crippen LogP contribution in [-0.2, 0) is 4.79 Å². The summed E-state index contributed by atoms with van der Waals surface area (Å²) in [6.45, 7) is 6.73. The molecule has 0 heterocycles. The average molecular weight is 391 g/mol. The highest BCUT2D eigenvalue weighted by Crippen LogP contribution is 2.16. The van der Waals surface area contributed by atoms with Gasteiger partial charge >= 0.3 is 0 Å². The van der Waals surface area contributed by atoms with Gasteiger partial charge in [-0.15, -0.1) is 0 Å². The van der Waals surface area contributed by atoms with Crippen molar-refractivity contribution in [2.75, 3.05) is 24.5 Å². The van der Waals surface area contributed by atoms with Gasteiger partial charge in [0.25, 0.3) is 5.91 Å². The molecule has 0 saturated heterocycles. The highest BCUT2D eigenvalue weighted by atomic mass is 16.4. The Morgan fingerprint density at radius 3 is 2.18 bits per heavy atom. The fourth-order valence-electron chi connectivity index (χ4n) is 2.61. The van der Waals surface area contributed by atoms with Crippen molar-refractivity contribution >= 4 is 17.7 Å². The molecule has 4 atom stereocenters. The Labute approximate surface area is 165 Å². The Balaban J connectivity index is 2.76. The molecule has 1 aromatic rings. The molecule has 0 radical (unpaired) electrons. The van der Waals surface area contributed by atoms with Crippen LogP contribution in [0.2, 0.25) is 0 Å². The van der Waals surface area contributed by atoms with Crippen LogP contribution in [0.15, 0.2) is 29.8 Å². The van der Waals surface area contributed by atoms with Crippen molar-refractivity contribution in [3.05, 3.63) is 35.4 Å². The van der Waals surface area contributed by atoms with Gasteiger partial charge in [0.15, 0.2) is 0 Å². The minimum absolute atomic E-state index is 0.159. The van der Waals surface area contributed by atoms with E-state index in [0.29, 0.717) is 5.56 Å². The van der Waals surface area contributed by atoms with E-state index >= 15 is 0 Å². The normalized spacial score (nSPS) is 15.9. The summed E-state index contributed by atoms with van der Waals surface area (Å²) in [5.74, 6) is -0.715. The van der Waals surface area contributed by atoms with Gasteiger partial charge in [-0.25, -0.2) is 0 Å². The Hall–Kier alpha value is -2.44. The minimum Gasteiger partial charge on any atom is -0.391 e. The number of nitriles is 1. The van der Waals surface area contributed by atoms with Crippen LogP contribution in [0.4, 0.5) is 5.69 Å². The van der Waals surface area contributed by atoms with Crippen LogP contribution in [-0.4, -0.2) is 70.4 Å². The summed E-state index contributed by atoms with van der Waals surface area (Å²) in [7, 11) is 0. The van der Waals surface area contributed by atoms with Crippen molar-refractivity contribution in [1.29, 1.82) is 5.26 Å². The van der Waals surface area contributed by atoms with Crippen molar-refractivity contribution in [2.24, 2.45) is 0 Å².